The van der Waals surface area contributed by atoms with Crippen LogP contribution in [0.25, 0.3) is 0 Å². The van der Waals surface area contributed by atoms with Gasteiger partial charge in [0.1, 0.15) is 5.66 Å². The van der Waals surface area contributed by atoms with E-state index in [1.165, 1.54) is 6.42 Å². The Morgan fingerprint density at radius 1 is 1.14 bits per heavy atom. The van der Waals surface area contributed by atoms with Crippen LogP contribution in [0, 0.1) is 12.8 Å². The summed E-state index contributed by atoms with van der Waals surface area (Å²) in [7, 11) is 0. The number of hydrogen-bond acceptors (Lipinski definition) is 6. The molecule has 0 radical (unpaired) electrons. The number of anilines is 2. The molecule has 1 amide bonds. The Morgan fingerprint density at radius 2 is 1.86 bits per heavy atom. The summed E-state index contributed by atoms with van der Waals surface area (Å²) in [4.78, 5) is 23.7. The van der Waals surface area contributed by atoms with Gasteiger partial charge in [-0.15, -0.1) is 0 Å². The third-order valence-corrected chi connectivity index (χ3v) is 6.38. The number of aliphatic imine (C=N–C) groups is 2. The van der Waals surface area contributed by atoms with Gasteiger partial charge in [0, 0.05) is 11.6 Å². The van der Waals surface area contributed by atoms with E-state index in [0.717, 1.165) is 68.3 Å². The van der Waals surface area contributed by atoms with Crippen LogP contribution in [0.3, 0.4) is 0 Å². The average Bonchev–Trinajstić information content (AvgIpc) is 3.19. The summed E-state index contributed by atoms with van der Waals surface area (Å²) < 4.78 is 0. The average molecular weight is 383 g/mol. The fraction of sp³-hybridized carbons (Fsp3) is 0.571. The lowest BCUT2D eigenvalue weighted by Crippen LogP contribution is -2.58. The third-order valence-electron chi connectivity index (χ3n) is 6.38. The molecule has 0 aromatic heterocycles. The highest BCUT2D eigenvalue weighted by Crippen LogP contribution is 2.41. The molecule has 150 valence electrons. The fourth-order valence-corrected chi connectivity index (χ4v) is 4.89. The van der Waals surface area contributed by atoms with Crippen molar-refractivity contribution in [1.29, 1.82) is 0 Å². The predicted molar refractivity (Wildman–Crippen MR) is 113 cm³/mol. The molecule has 28 heavy (non-hydrogen) atoms. The quantitative estimate of drug-likeness (QED) is 0.745. The summed E-state index contributed by atoms with van der Waals surface area (Å²) in [6.45, 7) is 2.02. The maximum absolute atomic E-state index is 12.6. The minimum atomic E-state index is -0.479. The number of nitrogens with two attached hydrogens (primary N) is 2. The topological polar surface area (TPSA) is 109 Å². The zero-order valence-electron chi connectivity index (χ0n) is 16.6. The van der Waals surface area contributed by atoms with Crippen molar-refractivity contribution in [1.82, 2.24) is 0 Å². The molecule has 1 aliphatic heterocycles. The van der Waals surface area contributed by atoms with Crippen LogP contribution >= 0.6 is 0 Å². The van der Waals surface area contributed by atoms with Crippen LogP contribution in [-0.4, -0.2) is 23.5 Å². The summed E-state index contributed by atoms with van der Waals surface area (Å²) in [5, 5.41) is 3.14. The Labute approximate surface area is 166 Å². The van der Waals surface area contributed by atoms with Gasteiger partial charge in [-0.3, -0.25) is 9.69 Å². The van der Waals surface area contributed by atoms with Gasteiger partial charge in [0.15, 0.2) is 0 Å². The van der Waals surface area contributed by atoms with Crippen LogP contribution in [0.4, 0.5) is 11.4 Å². The Kier molecular flexibility index (Phi) is 5.00. The highest BCUT2D eigenvalue weighted by atomic mass is 16.1. The Hall–Kier alpha value is -2.57. The van der Waals surface area contributed by atoms with Crippen LogP contribution in [0.15, 0.2) is 28.2 Å². The molecule has 0 bridgehead atoms. The van der Waals surface area contributed by atoms with Gasteiger partial charge in [0.2, 0.25) is 17.8 Å². The molecular weight excluding hydrogens is 352 g/mol. The first-order valence-corrected chi connectivity index (χ1v) is 10.4. The lowest BCUT2D eigenvalue weighted by molar-refractivity contribution is -0.119. The number of benzene rings is 1. The van der Waals surface area contributed by atoms with E-state index in [-0.39, 0.29) is 17.8 Å². The first kappa shape index (κ1) is 18.8. The van der Waals surface area contributed by atoms with E-state index in [1.54, 1.807) is 0 Å². The SMILES string of the molecule is Cc1c(NC(=O)C2CCCC2)cccc1N1C(N)=NC(N)=NC12CCCCC2. The molecule has 0 saturated heterocycles. The molecule has 0 atom stereocenters. The lowest BCUT2D eigenvalue weighted by atomic mass is 9.87. The summed E-state index contributed by atoms with van der Waals surface area (Å²) in [6, 6.07) is 5.93. The number of carbonyl (C=O) groups is 1. The molecule has 5 N–H and O–H groups in total. The van der Waals surface area contributed by atoms with Gasteiger partial charge in [0.25, 0.3) is 0 Å². The van der Waals surface area contributed by atoms with E-state index >= 15 is 0 Å². The molecule has 7 nitrogen and oxygen atoms in total. The van der Waals surface area contributed by atoms with E-state index in [2.05, 4.69) is 10.3 Å². The molecular formula is C21H30N6O. The maximum Gasteiger partial charge on any atom is 0.227 e. The molecule has 1 spiro atoms. The number of carbonyl (C=O) groups excluding carboxylic acids is 1. The molecule has 2 fully saturated rings. The highest BCUT2D eigenvalue weighted by molar-refractivity contribution is 6.06. The van der Waals surface area contributed by atoms with Crippen LogP contribution in [-0.2, 0) is 4.79 Å². The van der Waals surface area contributed by atoms with Crippen molar-refractivity contribution >= 4 is 29.2 Å². The van der Waals surface area contributed by atoms with Crippen LogP contribution in [0.5, 0.6) is 0 Å². The third kappa shape index (κ3) is 3.34. The van der Waals surface area contributed by atoms with Gasteiger partial charge >= 0.3 is 0 Å². The van der Waals surface area contributed by atoms with Gasteiger partial charge in [0.05, 0.1) is 5.69 Å². The van der Waals surface area contributed by atoms with Crippen molar-refractivity contribution in [3.63, 3.8) is 0 Å². The second-order valence-corrected chi connectivity index (χ2v) is 8.24. The summed E-state index contributed by atoms with van der Waals surface area (Å²) in [5.41, 5.74) is 14.6. The van der Waals surface area contributed by atoms with Gasteiger partial charge < -0.3 is 16.8 Å². The van der Waals surface area contributed by atoms with E-state index in [1.807, 2.05) is 30.0 Å². The first-order chi connectivity index (χ1) is 13.5. The van der Waals surface area contributed by atoms with Gasteiger partial charge in [-0.05, 0) is 63.1 Å². The van der Waals surface area contributed by atoms with Crippen molar-refractivity contribution in [3.8, 4) is 0 Å². The Bertz CT molecular complexity index is 818. The zero-order valence-corrected chi connectivity index (χ0v) is 16.6. The molecule has 0 unspecified atom stereocenters. The molecule has 3 aliphatic rings. The number of hydrogen-bond donors (Lipinski definition) is 3. The fourth-order valence-electron chi connectivity index (χ4n) is 4.89. The summed E-state index contributed by atoms with van der Waals surface area (Å²) in [5.74, 6) is 0.863. The van der Waals surface area contributed by atoms with Crippen molar-refractivity contribution in [3.05, 3.63) is 23.8 Å². The van der Waals surface area contributed by atoms with E-state index in [4.69, 9.17) is 16.5 Å². The van der Waals surface area contributed by atoms with Crippen molar-refractivity contribution < 1.29 is 4.79 Å². The predicted octanol–water partition coefficient (Wildman–Crippen LogP) is 3.23. The van der Waals surface area contributed by atoms with E-state index < -0.39 is 5.66 Å². The largest absolute Gasteiger partial charge is 0.369 e. The minimum absolute atomic E-state index is 0.118. The maximum atomic E-state index is 12.6. The smallest absolute Gasteiger partial charge is 0.227 e. The van der Waals surface area contributed by atoms with Crippen LogP contribution < -0.4 is 21.7 Å². The second kappa shape index (κ2) is 7.45. The first-order valence-electron chi connectivity index (χ1n) is 10.4. The number of nitrogens with zero attached hydrogens (tertiary/aromatic N) is 3. The highest BCUT2D eigenvalue weighted by Gasteiger charge is 2.43. The van der Waals surface area contributed by atoms with E-state index in [9.17, 15) is 4.79 Å². The molecule has 1 aromatic rings. The molecule has 2 saturated carbocycles. The molecule has 2 aliphatic carbocycles. The van der Waals surface area contributed by atoms with Crippen molar-refractivity contribution in [2.24, 2.45) is 27.4 Å². The summed E-state index contributed by atoms with van der Waals surface area (Å²) >= 11 is 0. The molecule has 4 rings (SSSR count). The normalized spacial score (nSPS) is 22.1. The van der Waals surface area contributed by atoms with E-state index in [0.29, 0.717) is 5.96 Å². The Balaban J connectivity index is 1.67. The number of amides is 1. The molecule has 1 aromatic carbocycles. The van der Waals surface area contributed by atoms with Gasteiger partial charge in [-0.1, -0.05) is 25.3 Å². The molecule has 7 heteroatoms. The standard InChI is InChI=1S/C21H30N6O/c1-14-16(24-18(28)15-8-3-4-9-15)10-7-11-17(14)27-20(23)25-19(22)26-21(27)12-5-2-6-13-21/h7,10-11,15H,2-6,8-9,12-13H2,1H3,(H,24,28)(H4,22,23,25,26). The van der Waals surface area contributed by atoms with Crippen molar-refractivity contribution in [2.75, 3.05) is 10.2 Å². The second-order valence-electron chi connectivity index (χ2n) is 8.24. The number of rotatable bonds is 3. The number of nitrogens with one attached hydrogen (secondary N) is 1. The minimum Gasteiger partial charge on any atom is -0.369 e. The Morgan fingerprint density at radius 3 is 2.57 bits per heavy atom. The summed E-state index contributed by atoms with van der Waals surface area (Å²) in [6.07, 6.45) is 9.37. The monoisotopic (exact) mass is 382 g/mol. The number of guanidine groups is 2. The zero-order chi connectivity index (χ0) is 19.7. The van der Waals surface area contributed by atoms with Crippen molar-refractivity contribution in [2.45, 2.75) is 70.4 Å². The van der Waals surface area contributed by atoms with Crippen LogP contribution in [0.2, 0.25) is 0 Å². The van der Waals surface area contributed by atoms with Gasteiger partial charge in [-0.25, -0.2) is 4.99 Å². The molecule has 1 heterocycles. The lowest BCUT2D eigenvalue weighted by Gasteiger charge is -2.46. The van der Waals surface area contributed by atoms with Gasteiger partial charge in [-0.2, -0.15) is 4.99 Å². The van der Waals surface area contributed by atoms with Crippen LogP contribution in [0.1, 0.15) is 63.4 Å².